The number of aromatic nitrogens is 4. The van der Waals surface area contributed by atoms with Crippen LogP contribution in [0.5, 0.6) is 0 Å². The van der Waals surface area contributed by atoms with E-state index in [9.17, 15) is 4.39 Å². The predicted molar refractivity (Wildman–Crippen MR) is 70.2 cm³/mol. The molecule has 2 aromatic rings. The van der Waals surface area contributed by atoms with Gasteiger partial charge in [0.15, 0.2) is 5.82 Å². The molecule has 0 aliphatic carbocycles. The molecule has 0 bridgehead atoms. The van der Waals surface area contributed by atoms with Gasteiger partial charge in [-0.1, -0.05) is 12.1 Å². The number of rotatable bonds is 4. The van der Waals surface area contributed by atoms with E-state index in [0.29, 0.717) is 5.56 Å². The summed E-state index contributed by atoms with van der Waals surface area (Å²) in [6.07, 6.45) is 0. The molecular formula is C13H18FN5. The summed E-state index contributed by atoms with van der Waals surface area (Å²) in [7, 11) is 1.85. The maximum absolute atomic E-state index is 13.6. The predicted octanol–water partition coefficient (Wildman–Crippen LogP) is 2.01. The largest absolute Gasteiger partial charge is 0.311 e. The van der Waals surface area contributed by atoms with E-state index in [2.05, 4.69) is 20.8 Å². The monoisotopic (exact) mass is 263 g/mol. The van der Waals surface area contributed by atoms with Crippen molar-refractivity contribution in [1.29, 1.82) is 0 Å². The second-order valence-corrected chi connectivity index (χ2v) is 4.68. The number of hydrogen-bond acceptors (Lipinski definition) is 4. The second kappa shape index (κ2) is 5.44. The number of aryl methyl sites for hydroxylation is 1. The maximum atomic E-state index is 13.6. The van der Waals surface area contributed by atoms with Crippen LogP contribution in [-0.2, 0) is 0 Å². The van der Waals surface area contributed by atoms with E-state index in [1.807, 2.05) is 27.0 Å². The first-order valence-corrected chi connectivity index (χ1v) is 6.25. The zero-order valence-electron chi connectivity index (χ0n) is 11.6. The van der Waals surface area contributed by atoms with Crippen LogP contribution in [0.1, 0.15) is 42.9 Å². The van der Waals surface area contributed by atoms with Crippen molar-refractivity contribution in [2.24, 2.45) is 0 Å². The Labute approximate surface area is 111 Å². The summed E-state index contributed by atoms with van der Waals surface area (Å²) >= 11 is 0. The second-order valence-electron chi connectivity index (χ2n) is 4.68. The van der Waals surface area contributed by atoms with Gasteiger partial charge in [0.25, 0.3) is 0 Å². The zero-order valence-corrected chi connectivity index (χ0v) is 11.6. The first kappa shape index (κ1) is 13.6. The lowest BCUT2D eigenvalue weighted by atomic mass is 10.1. The maximum Gasteiger partial charge on any atom is 0.168 e. The molecule has 0 saturated carbocycles. The highest BCUT2D eigenvalue weighted by Gasteiger charge is 2.19. The van der Waals surface area contributed by atoms with E-state index < -0.39 is 0 Å². The Bertz CT molecular complexity index is 566. The molecule has 0 fully saturated rings. The zero-order chi connectivity index (χ0) is 14.0. The van der Waals surface area contributed by atoms with Gasteiger partial charge in [-0.25, -0.2) is 9.07 Å². The summed E-state index contributed by atoms with van der Waals surface area (Å²) in [6.45, 7) is 5.67. The normalized spacial score (nSPS) is 14.4. The Kier molecular flexibility index (Phi) is 3.90. The Hall–Kier alpha value is -1.82. The molecule has 5 nitrogen and oxygen atoms in total. The summed E-state index contributed by atoms with van der Waals surface area (Å²) in [6, 6.07) is 5.13. The van der Waals surface area contributed by atoms with Gasteiger partial charge in [0.1, 0.15) is 5.82 Å². The lowest BCUT2D eigenvalue weighted by Crippen LogP contribution is -2.21. The summed E-state index contributed by atoms with van der Waals surface area (Å²) in [5, 5.41) is 14.8. The molecule has 102 valence electrons. The minimum atomic E-state index is -0.208. The molecule has 0 saturated heterocycles. The molecule has 1 aromatic carbocycles. The Morgan fingerprint density at radius 2 is 2.05 bits per heavy atom. The van der Waals surface area contributed by atoms with Crippen molar-refractivity contribution in [3.63, 3.8) is 0 Å². The van der Waals surface area contributed by atoms with Crippen LogP contribution in [0.25, 0.3) is 0 Å². The number of halogens is 1. The number of nitrogens with zero attached hydrogens (tertiary/aromatic N) is 4. The first-order chi connectivity index (χ1) is 9.04. The van der Waals surface area contributed by atoms with E-state index in [1.54, 1.807) is 17.7 Å². The van der Waals surface area contributed by atoms with Gasteiger partial charge in [-0.15, -0.1) is 5.10 Å². The molecule has 0 spiro atoms. The molecule has 19 heavy (non-hydrogen) atoms. The molecule has 0 aliphatic rings. The van der Waals surface area contributed by atoms with Gasteiger partial charge in [-0.3, -0.25) is 0 Å². The molecule has 1 heterocycles. The third-order valence-electron chi connectivity index (χ3n) is 3.38. The molecule has 2 atom stereocenters. The van der Waals surface area contributed by atoms with Crippen LogP contribution in [-0.4, -0.2) is 27.3 Å². The third kappa shape index (κ3) is 2.63. The Morgan fingerprint density at radius 3 is 2.68 bits per heavy atom. The van der Waals surface area contributed by atoms with Crippen LogP contribution in [0.15, 0.2) is 18.2 Å². The fourth-order valence-electron chi connectivity index (χ4n) is 1.90. The van der Waals surface area contributed by atoms with Crippen molar-refractivity contribution >= 4 is 0 Å². The van der Waals surface area contributed by atoms with Crippen LogP contribution in [0.2, 0.25) is 0 Å². The van der Waals surface area contributed by atoms with Crippen molar-refractivity contribution in [2.45, 2.75) is 32.9 Å². The van der Waals surface area contributed by atoms with Crippen LogP contribution >= 0.6 is 0 Å². The smallest absolute Gasteiger partial charge is 0.168 e. The Balaban J connectivity index is 2.36. The molecule has 0 amide bonds. The lowest BCUT2D eigenvalue weighted by Gasteiger charge is -2.17. The molecule has 6 heteroatoms. The van der Waals surface area contributed by atoms with Gasteiger partial charge >= 0.3 is 0 Å². The first-order valence-electron chi connectivity index (χ1n) is 6.25. The number of hydrogen-bond donors (Lipinski definition) is 1. The van der Waals surface area contributed by atoms with Gasteiger partial charge in [-0.2, -0.15) is 0 Å². The molecule has 0 radical (unpaired) electrons. The van der Waals surface area contributed by atoms with E-state index in [-0.39, 0.29) is 17.9 Å². The molecule has 2 rings (SSSR count). The highest BCUT2D eigenvalue weighted by Crippen LogP contribution is 2.22. The molecule has 0 aliphatic heterocycles. The highest BCUT2D eigenvalue weighted by molar-refractivity contribution is 5.26. The van der Waals surface area contributed by atoms with Gasteiger partial charge in [-0.05, 0) is 55.4 Å². The van der Waals surface area contributed by atoms with Crippen LogP contribution in [0.4, 0.5) is 4.39 Å². The summed E-state index contributed by atoms with van der Waals surface area (Å²) < 4.78 is 15.3. The molecule has 1 N–H and O–H groups in total. The molecule has 2 unspecified atom stereocenters. The van der Waals surface area contributed by atoms with E-state index in [4.69, 9.17) is 0 Å². The van der Waals surface area contributed by atoms with Crippen molar-refractivity contribution in [2.75, 3.05) is 7.05 Å². The third-order valence-corrected chi connectivity index (χ3v) is 3.38. The van der Waals surface area contributed by atoms with Crippen molar-refractivity contribution in [3.05, 3.63) is 41.0 Å². The van der Waals surface area contributed by atoms with Crippen LogP contribution in [0, 0.1) is 12.7 Å². The lowest BCUT2D eigenvalue weighted by molar-refractivity contribution is 0.480. The van der Waals surface area contributed by atoms with Gasteiger partial charge < -0.3 is 5.32 Å². The number of tetrazole rings is 1. The van der Waals surface area contributed by atoms with Gasteiger partial charge in [0.05, 0.1) is 12.1 Å². The quantitative estimate of drug-likeness (QED) is 0.916. The summed E-state index contributed by atoms with van der Waals surface area (Å²) in [5.41, 5.74) is 1.48. The highest BCUT2D eigenvalue weighted by atomic mass is 19.1. The van der Waals surface area contributed by atoms with E-state index in [1.165, 1.54) is 6.07 Å². The van der Waals surface area contributed by atoms with Crippen molar-refractivity contribution < 1.29 is 4.39 Å². The van der Waals surface area contributed by atoms with E-state index in [0.717, 1.165) is 11.4 Å². The average Bonchev–Trinajstić information content (AvgIpc) is 2.89. The van der Waals surface area contributed by atoms with Crippen molar-refractivity contribution in [3.8, 4) is 0 Å². The fraction of sp³-hybridized carbons (Fsp3) is 0.462. The minimum absolute atomic E-state index is 0.0349. The van der Waals surface area contributed by atoms with Crippen molar-refractivity contribution in [1.82, 2.24) is 25.5 Å². The molecule has 1 aromatic heterocycles. The topological polar surface area (TPSA) is 55.6 Å². The SMILES string of the molecule is CNC(C)c1nnnn1C(C)c1ccc(C)c(F)c1. The van der Waals surface area contributed by atoms with Gasteiger partial charge in [0.2, 0.25) is 0 Å². The Morgan fingerprint density at radius 1 is 1.32 bits per heavy atom. The summed E-state index contributed by atoms with van der Waals surface area (Å²) in [5.74, 6) is 0.525. The average molecular weight is 263 g/mol. The minimum Gasteiger partial charge on any atom is -0.311 e. The van der Waals surface area contributed by atoms with Crippen LogP contribution in [0.3, 0.4) is 0 Å². The van der Waals surface area contributed by atoms with Crippen LogP contribution < -0.4 is 5.32 Å². The van der Waals surface area contributed by atoms with Gasteiger partial charge in [0, 0.05) is 0 Å². The number of nitrogens with one attached hydrogen (secondary N) is 1. The fourth-order valence-corrected chi connectivity index (χ4v) is 1.90. The molecular weight excluding hydrogens is 245 g/mol. The standard InChI is InChI=1S/C13H18FN5/c1-8-5-6-11(7-12(8)14)10(3)19-13(9(2)15-4)16-17-18-19/h5-7,9-10,15H,1-4H3. The van der Waals surface area contributed by atoms with E-state index >= 15 is 0 Å². The number of benzene rings is 1. The summed E-state index contributed by atoms with van der Waals surface area (Å²) in [4.78, 5) is 0.